The Labute approximate surface area is 142 Å². The number of rotatable bonds is 5. The minimum atomic E-state index is -4.44. The molecule has 0 aliphatic heterocycles. The Kier molecular flexibility index (Phi) is 5.63. The lowest BCUT2D eigenvalue weighted by Crippen LogP contribution is -2.17. The lowest BCUT2D eigenvalue weighted by molar-refractivity contribution is -0.137. The maximum Gasteiger partial charge on any atom is 0.416 e. The average Bonchev–Trinajstić information content (AvgIpc) is 2.60. The highest BCUT2D eigenvalue weighted by molar-refractivity contribution is 5.95. The van der Waals surface area contributed by atoms with Crippen molar-refractivity contribution in [3.05, 3.63) is 59.2 Å². The molecule has 0 aliphatic rings. The minimum absolute atomic E-state index is 0.211. The molecule has 2 aromatic carbocycles. The molecule has 2 rings (SSSR count). The van der Waals surface area contributed by atoms with Crippen LogP contribution in [0.2, 0.25) is 0 Å². The van der Waals surface area contributed by atoms with E-state index in [1.165, 1.54) is 38.5 Å². The molecule has 0 atom stereocenters. The van der Waals surface area contributed by atoms with Crippen molar-refractivity contribution in [1.82, 2.24) is 5.43 Å². The van der Waals surface area contributed by atoms with Crippen LogP contribution in [0.5, 0.6) is 11.5 Å². The van der Waals surface area contributed by atoms with Crippen LogP contribution in [0.25, 0.3) is 0 Å². The molecule has 0 bridgehead atoms. The van der Waals surface area contributed by atoms with Crippen molar-refractivity contribution in [2.75, 3.05) is 14.2 Å². The molecule has 0 aromatic heterocycles. The summed E-state index contributed by atoms with van der Waals surface area (Å²) in [5.41, 5.74) is 1.93. The third-order valence-corrected chi connectivity index (χ3v) is 3.24. The van der Waals surface area contributed by atoms with E-state index in [-0.39, 0.29) is 11.1 Å². The summed E-state index contributed by atoms with van der Waals surface area (Å²) in [5, 5.41) is 3.68. The van der Waals surface area contributed by atoms with Gasteiger partial charge in [0.05, 0.1) is 26.0 Å². The predicted octanol–water partition coefficient (Wildman–Crippen LogP) is 3.49. The number of methoxy groups -OCH3 is 2. The van der Waals surface area contributed by atoms with Crippen molar-refractivity contribution >= 4 is 12.1 Å². The van der Waals surface area contributed by atoms with Crippen LogP contribution in [0.3, 0.4) is 0 Å². The largest absolute Gasteiger partial charge is 0.493 e. The van der Waals surface area contributed by atoms with Gasteiger partial charge < -0.3 is 9.47 Å². The number of hydrazone groups is 1. The Morgan fingerprint density at radius 1 is 1.08 bits per heavy atom. The van der Waals surface area contributed by atoms with E-state index < -0.39 is 17.6 Å². The van der Waals surface area contributed by atoms with E-state index in [4.69, 9.17) is 9.47 Å². The van der Waals surface area contributed by atoms with Gasteiger partial charge in [0.15, 0.2) is 11.5 Å². The van der Waals surface area contributed by atoms with Gasteiger partial charge in [-0.3, -0.25) is 4.79 Å². The fourth-order valence-electron chi connectivity index (χ4n) is 2.00. The molecule has 0 saturated carbocycles. The van der Waals surface area contributed by atoms with Crippen LogP contribution in [0.4, 0.5) is 13.2 Å². The average molecular weight is 352 g/mol. The highest BCUT2D eigenvalue weighted by Crippen LogP contribution is 2.29. The van der Waals surface area contributed by atoms with E-state index in [1.54, 1.807) is 6.07 Å². The van der Waals surface area contributed by atoms with E-state index in [0.717, 1.165) is 18.3 Å². The molecular formula is C17H15F3N2O3. The van der Waals surface area contributed by atoms with Gasteiger partial charge >= 0.3 is 6.18 Å². The molecule has 0 fully saturated rings. The third kappa shape index (κ3) is 4.72. The monoisotopic (exact) mass is 352 g/mol. The van der Waals surface area contributed by atoms with Crippen molar-refractivity contribution in [2.24, 2.45) is 5.10 Å². The number of amides is 1. The van der Waals surface area contributed by atoms with Crippen LogP contribution < -0.4 is 14.9 Å². The molecule has 2 aromatic rings. The van der Waals surface area contributed by atoms with Gasteiger partial charge in [0, 0.05) is 5.56 Å². The van der Waals surface area contributed by atoms with Crippen molar-refractivity contribution in [1.29, 1.82) is 0 Å². The number of ether oxygens (including phenoxy) is 2. The molecular weight excluding hydrogens is 337 g/mol. The molecule has 5 nitrogen and oxygen atoms in total. The summed E-state index contributed by atoms with van der Waals surface area (Å²) < 4.78 is 48.1. The number of carbonyl (C=O) groups is 1. The van der Waals surface area contributed by atoms with Crippen LogP contribution in [0.1, 0.15) is 21.5 Å². The zero-order chi connectivity index (χ0) is 18.4. The van der Waals surface area contributed by atoms with E-state index in [9.17, 15) is 18.0 Å². The number of nitrogens with zero attached hydrogens (tertiary/aromatic N) is 1. The van der Waals surface area contributed by atoms with Crippen molar-refractivity contribution < 1.29 is 27.4 Å². The lowest BCUT2D eigenvalue weighted by Gasteiger charge is -2.08. The molecule has 0 aliphatic carbocycles. The second-order valence-corrected chi connectivity index (χ2v) is 4.89. The Morgan fingerprint density at radius 3 is 2.44 bits per heavy atom. The zero-order valence-corrected chi connectivity index (χ0v) is 13.4. The zero-order valence-electron chi connectivity index (χ0n) is 13.4. The Morgan fingerprint density at radius 2 is 1.80 bits per heavy atom. The number of benzene rings is 2. The summed E-state index contributed by atoms with van der Waals surface area (Å²) in [6, 6.07) is 9.14. The first-order chi connectivity index (χ1) is 11.8. The van der Waals surface area contributed by atoms with Gasteiger partial charge in [-0.2, -0.15) is 18.3 Å². The normalized spacial score (nSPS) is 11.4. The van der Waals surface area contributed by atoms with E-state index in [0.29, 0.717) is 11.5 Å². The second-order valence-electron chi connectivity index (χ2n) is 4.89. The molecule has 132 valence electrons. The molecule has 0 spiro atoms. The lowest BCUT2D eigenvalue weighted by atomic mass is 10.1. The van der Waals surface area contributed by atoms with Gasteiger partial charge in [-0.15, -0.1) is 0 Å². The van der Waals surface area contributed by atoms with Gasteiger partial charge in [-0.05, 0) is 35.9 Å². The van der Waals surface area contributed by atoms with Gasteiger partial charge in [-0.25, -0.2) is 5.43 Å². The first-order valence-corrected chi connectivity index (χ1v) is 7.08. The number of hydrogen-bond donors (Lipinski definition) is 1. The van der Waals surface area contributed by atoms with Gasteiger partial charge in [0.25, 0.3) is 5.91 Å². The van der Waals surface area contributed by atoms with Crippen molar-refractivity contribution in [3.63, 3.8) is 0 Å². The molecule has 0 saturated heterocycles. The van der Waals surface area contributed by atoms with Crippen LogP contribution in [0, 0.1) is 0 Å². The van der Waals surface area contributed by atoms with Crippen molar-refractivity contribution in [3.8, 4) is 11.5 Å². The highest BCUT2D eigenvalue weighted by Gasteiger charge is 2.30. The number of nitrogens with one attached hydrogen (secondary N) is 1. The van der Waals surface area contributed by atoms with Gasteiger partial charge in [0.2, 0.25) is 0 Å². The number of hydrogen-bond acceptors (Lipinski definition) is 4. The molecule has 8 heteroatoms. The summed E-state index contributed by atoms with van der Waals surface area (Å²) in [6.45, 7) is 0. The fourth-order valence-corrected chi connectivity index (χ4v) is 2.00. The van der Waals surface area contributed by atoms with Crippen molar-refractivity contribution in [2.45, 2.75) is 6.18 Å². The molecule has 1 amide bonds. The maximum absolute atomic E-state index is 12.6. The van der Waals surface area contributed by atoms with E-state index in [1.807, 2.05) is 0 Å². The van der Waals surface area contributed by atoms with Crippen LogP contribution in [0.15, 0.2) is 47.6 Å². The quantitative estimate of drug-likeness (QED) is 0.662. The summed E-state index contributed by atoms with van der Waals surface area (Å²) in [4.78, 5) is 12.0. The maximum atomic E-state index is 12.6. The topological polar surface area (TPSA) is 59.9 Å². The van der Waals surface area contributed by atoms with E-state index in [2.05, 4.69) is 10.5 Å². The van der Waals surface area contributed by atoms with Gasteiger partial charge in [-0.1, -0.05) is 12.1 Å². The third-order valence-electron chi connectivity index (χ3n) is 3.24. The predicted molar refractivity (Wildman–Crippen MR) is 86.1 cm³/mol. The number of carbonyl (C=O) groups excluding carboxylic acids is 1. The first-order valence-electron chi connectivity index (χ1n) is 7.08. The smallest absolute Gasteiger partial charge is 0.416 e. The summed E-state index contributed by atoms with van der Waals surface area (Å²) >= 11 is 0. The summed E-state index contributed by atoms with van der Waals surface area (Å²) in [5.74, 6) is 0.299. The van der Waals surface area contributed by atoms with E-state index >= 15 is 0 Å². The second kappa shape index (κ2) is 7.69. The first kappa shape index (κ1) is 18.3. The molecule has 0 heterocycles. The summed E-state index contributed by atoms with van der Waals surface area (Å²) in [6.07, 6.45) is -3.30. The Balaban J connectivity index is 2.08. The van der Waals surface area contributed by atoms with Crippen LogP contribution in [-0.2, 0) is 6.18 Å². The SMILES string of the molecule is COc1ccc(C(=O)N/N=C/c2cccc(C(F)(F)F)c2)cc1OC. The number of alkyl halides is 3. The molecule has 0 radical (unpaired) electrons. The molecule has 0 unspecified atom stereocenters. The highest BCUT2D eigenvalue weighted by atomic mass is 19.4. The fraction of sp³-hybridized carbons (Fsp3) is 0.176. The molecule has 1 N–H and O–H groups in total. The minimum Gasteiger partial charge on any atom is -0.493 e. The summed E-state index contributed by atoms with van der Waals surface area (Å²) in [7, 11) is 2.91. The van der Waals surface area contributed by atoms with Crippen LogP contribution in [-0.4, -0.2) is 26.3 Å². The van der Waals surface area contributed by atoms with Gasteiger partial charge in [0.1, 0.15) is 0 Å². The Hall–Kier alpha value is -3.03. The number of halogens is 3. The standard InChI is InChI=1S/C17H15F3N2O3/c1-24-14-7-6-12(9-15(14)25-2)16(23)22-21-10-11-4-3-5-13(8-11)17(18,19)20/h3-10H,1-2H3,(H,22,23)/b21-10+. The van der Waals surface area contributed by atoms with Crippen LogP contribution >= 0.6 is 0 Å². The Bertz CT molecular complexity index is 789. The molecule has 25 heavy (non-hydrogen) atoms.